The Kier molecular flexibility index (Phi) is 4.40. The molecule has 0 N–H and O–H groups in total. The number of rotatable bonds is 5. The molecule has 1 aromatic carbocycles. The van der Waals surface area contributed by atoms with Crippen LogP contribution in [0.2, 0.25) is 0 Å². The molecular formula is C16H18O5. The van der Waals surface area contributed by atoms with Crippen molar-refractivity contribution in [3.05, 3.63) is 35.9 Å². The molecule has 5 nitrogen and oxygen atoms in total. The molecule has 0 amide bonds. The molecule has 1 aliphatic heterocycles. The van der Waals surface area contributed by atoms with E-state index in [2.05, 4.69) is 0 Å². The monoisotopic (exact) mass is 290 g/mol. The number of ketones is 1. The molecular weight excluding hydrogens is 272 g/mol. The fourth-order valence-electron chi connectivity index (χ4n) is 2.54. The first-order valence-electron chi connectivity index (χ1n) is 6.89. The van der Waals surface area contributed by atoms with Crippen LogP contribution in [0.3, 0.4) is 0 Å². The number of hydrogen-bond donors (Lipinski definition) is 0. The van der Waals surface area contributed by atoms with E-state index < -0.39 is 23.3 Å². The summed E-state index contributed by atoms with van der Waals surface area (Å²) >= 11 is 0. The first-order valence-corrected chi connectivity index (χ1v) is 6.89. The van der Waals surface area contributed by atoms with Gasteiger partial charge in [0.1, 0.15) is 0 Å². The molecule has 1 saturated heterocycles. The highest BCUT2D eigenvalue weighted by atomic mass is 16.6. The highest BCUT2D eigenvalue weighted by molar-refractivity contribution is 6.01. The number of benzene rings is 1. The summed E-state index contributed by atoms with van der Waals surface area (Å²) < 4.78 is 9.92. The maximum Gasteiger partial charge on any atom is 0.321 e. The second-order valence-electron chi connectivity index (χ2n) is 5.41. The summed E-state index contributed by atoms with van der Waals surface area (Å²) in [6.07, 6.45) is 0.0617. The maximum absolute atomic E-state index is 12.3. The third-order valence-corrected chi connectivity index (χ3v) is 3.66. The summed E-state index contributed by atoms with van der Waals surface area (Å²) in [5.74, 6) is -2.39. The lowest BCUT2D eigenvalue weighted by atomic mass is 9.75. The lowest BCUT2D eigenvalue weighted by Gasteiger charge is -2.25. The summed E-state index contributed by atoms with van der Waals surface area (Å²) in [6, 6.07) is 8.79. The number of esters is 2. The number of cyclic esters (lactones) is 1. The normalized spacial score (nSPS) is 24.5. The zero-order valence-electron chi connectivity index (χ0n) is 12.1. The van der Waals surface area contributed by atoms with Gasteiger partial charge in [0.05, 0.1) is 13.2 Å². The molecule has 1 heterocycles. The molecule has 2 atom stereocenters. The van der Waals surface area contributed by atoms with Crippen molar-refractivity contribution in [3.8, 4) is 0 Å². The molecule has 112 valence electrons. The van der Waals surface area contributed by atoms with Gasteiger partial charge in [0.2, 0.25) is 0 Å². The van der Waals surface area contributed by atoms with Crippen molar-refractivity contribution in [2.75, 3.05) is 13.2 Å². The predicted molar refractivity (Wildman–Crippen MR) is 74.6 cm³/mol. The Labute approximate surface area is 123 Å². The van der Waals surface area contributed by atoms with Gasteiger partial charge in [-0.2, -0.15) is 0 Å². The summed E-state index contributed by atoms with van der Waals surface area (Å²) in [7, 11) is 0. The molecule has 0 radical (unpaired) electrons. The van der Waals surface area contributed by atoms with E-state index in [9.17, 15) is 14.4 Å². The van der Waals surface area contributed by atoms with E-state index in [1.54, 1.807) is 38.1 Å². The zero-order chi connectivity index (χ0) is 15.5. The first kappa shape index (κ1) is 15.2. The van der Waals surface area contributed by atoms with E-state index in [0.717, 1.165) is 0 Å². The lowest BCUT2D eigenvalue weighted by Crippen LogP contribution is -2.37. The number of hydrogen-bond acceptors (Lipinski definition) is 5. The third-order valence-electron chi connectivity index (χ3n) is 3.66. The molecule has 0 saturated carbocycles. The highest BCUT2D eigenvalue weighted by Gasteiger charge is 2.53. The van der Waals surface area contributed by atoms with Crippen LogP contribution >= 0.6 is 0 Å². The average molecular weight is 290 g/mol. The summed E-state index contributed by atoms with van der Waals surface area (Å²) in [4.78, 5) is 36.1. The second-order valence-corrected chi connectivity index (χ2v) is 5.41. The molecule has 1 fully saturated rings. The van der Waals surface area contributed by atoms with Crippen molar-refractivity contribution >= 4 is 17.7 Å². The topological polar surface area (TPSA) is 69.7 Å². The van der Waals surface area contributed by atoms with E-state index in [1.165, 1.54) is 0 Å². The fraction of sp³-hybridized carbons (Fsp3) is 0.438. The van der Waals surface area contributed by atoms with E-state index in [4.69, 9.17) is 9.47 Å². The Morgan fingerprint density at radius 3 is 2.62 bits per heavy atom. The van der Waals surface area contributed by atoms with E-state index in [-0.39, 0.29) is 25.4 Å². The molecule has 21 heavy (non-hydrogen) atoms. The maximum atomic E-state index is 12.3. The highest BCUT2D eigenvalue weighted by Crippen LogP contribution is 2.40. The van der Waals surface area contributed by atoms with Crippen molar-refractivity contribution in [1.29, 1.82) is 0 Å². The van der Waals surface area contributed by atoms with Gasteiger partial charge in [0.25, 0.3) is 0 Å². The smallest absolute Gasteiger partial charge is 0.321 e. The van der Waals surface area contributed by atoms with Gasteiger partial charge >= 0.3 is 11.9 Å². The molecule has 0 aromatic heterocycles. The SMILES string of the molecule is CCOC(=O)C1C(=O)OCC1(C)CC(=O)c1ccccc1. The molecule has 5 heteroatoms. The number of ether oxygens (including phenoxy) is 2. The lowest BCUT2D eigenvalue weighted by molar-refractivity contribution is -0.157. The molecule has 1 aromatic rings. The first-order chi connectivity index (χ1) is 9.98. The van der Waals surface area contributed by atoms with Gasteiger partial charge in [-0.05, 0) is 6.92 Å². The summed E-state index contributed by atoms with van der Waals surface area (Å²) in [5, 5.41) is 0. The summed E-state index contributed by atoms with van der Waals surface area (Å²) in [5.41, 5.74) is -0.309. The van der Waals surface area contributed by atoms with Crippen molar-refractivity contribution in [2.24, 2.45) is 11.3 Å². The van der Waals surface area contributed by atoms with Gasteiger partial charge in [-0.3, -0.25) is 14.4 Å². The minimum absolute atomic E-state index is 0.0495. The number of carbonyl (C=O) groups is 3. The third kappa shape index (κ3) is 3.12. The van der Waals surface area contributed by atoms with Crippen LogP contribution in [0.1, 0.15) is 30.6 Å². The van der Waals surface area contributed by atoms with Crippen LogP contribution in [-0.2, 0) is 19.1 Å². The van der Waals surface area contributed by atoms with Crippen molar-refractivity contribution in [1.82, 2.24) is 0 Å². The van der Waals surface area contributed by atoms with Gasteiger partial charge < -0.3 is 9.47 Å². The Balaban J connectivity index is 2.18. The largest absolute Gasteiger partial charge is 0.465 e. The molecule has 2 rings (SSSR count). The van der Waals surface area contributed by atoms with E-state index in [0.29, 0.717) is 5.56 Å². The minimum Gasteiger partial charge on any atom is -0.465 e. The Hall–Kier alpha value is -2.17. The Morgan fingerprint density at radius 1 is 1.33 bits per heavy atom. The van der Waals surface area contributed by atoms with Gasteiger partial charge in [0.15, 0.2) is 11.7 Å². The minimum atomic E-state index is -1.04. The molecule has 1 aliphatic rings. The van der Waals surface area contributed by atoms with Crippen LogP contribution in [0.5, 0.6) is 0 Å². The van der Waals surface area contributed by atoms with Gasteiger partial charge in [-0.1, -0.05) is 37.3 Å². The van der Waals surface area contributed by atoms with Crippen LogP contribution in [0.4, 0.5) is 0 Å². The number of Topliss-reactive ketones (excluding diaryl/α,β-unsaturated/α-hetero) is 1. The van der Waals surface area contributed by atoms with Crippen molar-refractivity contribution < 1.29 is 23.9 Å². The Morgan fingerprint density at radius 2 is 2.00 bits per heavy atom. The predicted octanol–water partition coefficient (Wildman–Crippen LogP) is 2.00. The average Bonchev–Trinajstić information content (AvgIpc) is 2.75. The molecule has 2 unspecified atom stereocenters. The summed E-state index contributed by atoms with van der Waals surface area (Å²) in [6.45, 7) is 3.62. The van der Waals surface area contributed by atoms with Crippen LogP contribution in [0.25, 0.3) is 0 Å². The standard InChI is InChI=1S/C16H18O5/c1-3-20-14(18)13-15(19)21-10-16(13,2)9-12(17)11-7-5-4-6-8-11/h4-8,13H,3,9-10H2,1-2H3. The van der Waals surface area contributed by atoms with Crippen molar-refractivity contribution in [2.45, 2.75) is 20.3 Å². The number of carbonyl (C=O) groups excluding carboxylic acids is 3. The van der Waals surface area contributed by atoms with E-state index >= 15 is 0 Å². The molecule has 0 aliphatic carbocycles. The van der Waals surface area contributed by atoms with Crippen LogP contribution in [-0.4, -0.2) is 30.9 Å². The van der Waals surface area contributed by atoms with Crippen LogP contribution in [0.15, 0.2) is 30.3 Å². The van der Waals surface area contributed by atoms with Gasteiger partial charge in [-0.15, -0.1) is 0 Å². The Bertz CT molecular complexity index is 551. The van der Waals surface area contributed by atoms with Crippen LogP contribution < -0.4 is 0 Å². The quantitative estimate of drug-likeness (QED) is 0.471. The van der Waals surface area contributed by atoms with Gasteiger partial charge in [0, 0.05) is 17.4 Å². The van der Waals surface area contributed by atoms with Crippen molar-refractivity contribution in [3.63, 3.8) is 0 Å². The molecule has 0 spiro atoms. The fourth-order valence-corrected chi connectivity index (χ4v) is 2.54. The zero-order valence-corrected chi connectivity index (χ0v) is 12.1. The van der Waals surface area contributed by atoms with Gasteiger partial charge in [-0.25, -0.2) is 0 Å². The van der Waals surface area contributed by atoms with Crippen LogP contribution in [0, 0.1) is 11.3 Å². The molecule has 0 bridgehead atoms. The second kappa shape index (κ2) is 6.08. The van der Waals surface area contributed by atoms with E-state index in [1.807, 2.05) is 6.07 Å².